The molecule has 4 heteroatoms. The fourth-order valence-corrected chi connectivity index (χ4v) is 4.08. The monoisotopic (exact) mass is 406 g/mol. The molecule has 0 aliphatic carbocycles. The highest BCUT2D eigenvalue weighted by Gasteiger charge is 2.20. The summed E-state index contributed by atoms with van der Waals surface area (Å²) in [5.74, 6) is -0.936. The van der Waals surface area contributed by atoms with Crippen molar-refractivity contribution in [3.05, 3.63) is 114 Å². The number of carboxylic acid groups (broad SMARTS) is 1. The molecule has 5 rings (SSSR count). The van der Waals surface area contributed by atoms with Gasteiger partial charge in [0, 0.05) is 24.5 Å². The van der Waals surface area contributed by atoms with Crippen molar-refractivity contribution in [2.75, 3.05) is 10.2 Å². The zero-order valence-corrected chi connectivity index (χ0v) is 17.0. The first-order chi connectivity index (χ1) is 15.2. The SMILES string of the molecule is O=C(O)c1ccccc1Nc1ccc2c(c1)CN(c1ccc(-c3ccccc3)cc1)C2. The lowest BCUT2D eigenvalue weighted by Crippen LogP contribution is -2.14. The Hall–Kier alpha value is -4.05. The number of carboxylic acids is 1. The summed E-state index contributed by atoms with van der Waals surface area (Å²) in [7, 11) is 0. The van der Waals surface area contributed by atoms with E-state index in [0.29, 0.717) is 5.69 Å². The van der Waals surface area contributed by atoms with E-state index in [2.05, 4.69) is 70.9 Å². The second kappa shape index (κ2) is 8.00. The van der Waals surface area contributed by atoms with Crippen molar-refractivity contribution in [1.29, 1.82) is 0 Å². The van der Waals surface area contributed by atoms with Crippen molar-refractivity contribution in [3.63, 3.8) is 0 Å². The average Bonchev–Trinajstić information content (AvgIpc) is 3.23. The maximum atomic E-state index is 11.5. The number of anilines is 3. The Morgan fingerprint density at radius 2 is 1.42 bits per heavy atom. The number of hydrogen-bond acceptors (Lipinski definition) is 3. The molecule has 0 saturated heterocycles. The lowest BCUT2D eigenvalue weighted by molar-refractivity contribution is 0.0698. The molecule has 0 aromatic heterocycles. The molecule has 1 aliphatic heterocycles. The maximum Gasteiger partial charge on any atom is 0.337 e. The van der Waals surface area contributed by atoms with Crippen LogP contribution in [0, 0.1) is 0 Å². The van der Waals surface area contributed by atoms with Crippen LogP contribution >= 0.6 is 0 Å². The van der Waals surface area contributed by atoms with Crippen LogP contribution in [-0.4, -0.2) is 11.1 Å². The molecule has 4 nitrogen and oxygen atoms in total. The first-order valence-electron chi connectivity index (χ1n) is 10.3. The van der Waals surface area contributed by atoms with Crippen LogP contribution < -0.4 is 10.2 Å². The number of benzene rings is 4. The lowest BCUT2D eigenvalue weighted by Gasteiger charge is -2.18. The van der Waals surface area contributed by atoms with Gasteiger partial charge in [-0.3, -0.25) is 0 Å². The zero-order chi connectivity index (χ0) is 21.2. The molecule has 152 valence electrons. The number of rotatable bonds is 5. The van der Waals surface area contributed by atoms with E-state index in [-0.39, 0.29) is 5.56 Å². The molecule has 0 saturated carbocycles. The van der Waals surface area contributed by atoms with Crippen LogP contribution in [0.15, 0.2) is 97.1 Å². The van der Waals surface area contributed by atoms with Crippen molar-refractivity contribution in [3.8, 4) is 11.1 Å². The van der Waals surface area contributed by atoms with Gasteiger partial charge in [-0.2, -0.15) is 0 Å². The minimum absolute atomic E-state index is 0.267. The van der Waals surface area contributed by atoms with Crippen LogP contribution in [0.25, 0.3) is 11.1 Å². The zero-order valence-electron chi connectivity index (χ0n) is 17.0. The maximum absolute atomic E-state index is 11.5. The quantitative estimate of drug-likeness (QED) is 0.407. The Kier molecular flexibility index (Phi) is 4.89. The van der Waals surface area contributed by atoms with Crippen LogP contribution in [0.1, 0.15) is 21.5 Å². The Morgan fingerprint density at radius 3 is 2.19 bits per heavy atom. The molecule has 1 aliphatic rings. The Bertz CT molecular complexity index is 1230. The van der Waals surface area contributed by atoms with Gasteiger partial charge in [-0.05, 0) is 58.7 Å². The predicted octanol–water partition coefficient (Wildman–Crippen LogP) is 6.32. The smallest absolute Gasteiger partial charge is 0.337 e. The third kappa shape index (κ3) is 3.88. The van der Waals surface area contributed by atoms with E-state index in [4.69, 9.17) is 0 Å². The molecule has 0 bridgehead atoms. The van der Waals surface area contributed by atoms with Crippen molar-refractivity contribution >= 4 is 23.0 Å². The fraction of sp³-hybridized carbons (Fsp3) is 0.0741. The Morgan fingerprint density at radius 1 is 0.742 bits per heavy atom. The molecule has 1 heterocycles. The van der Waals surface area contributed by atoms with Gasteiger partial charge in [-0.15, -0.1) is 0 Å². The highest BCUT2D eigenvalue weighted by Crippen LogP contribution is 2.32. The predicted molar refractivity (Wildman–Crippen MR) is 125 cm³/mol. The van der Waals surface area contributed by atoms with E-state index in [9.17, 15) is 9.90 Å². The Balaban J connectivity index is 1.33. The van der Waals surface area contributed by atoms with Gasteiger partial charge in [-0.25, -0.2) is 4.79 Å². The third-order valence-electron chi connectivity index (χ3n) is 5.70. The van der Waals surface area contributed by atoms with Crippen molar-refractivity contribution in [2.45, 2.75) is 13.1 Å². The van der Waals surface area contributed by atoms with Crippen LogP contribution in [0.5, 0.6) is 0 Å². The van der Waals surface area contributed by atoms with Crippen molar-refractivity contribution < 1.29 is 9.90 Å². The highest BCUT2D eigenvalue weighted by atomic mass is 16.4. The van der Waals surface area contributed by atoms with E-state index >= 15 is 0 Å². The van der Waals surface area contributed by atoms with Gasteiger partial charge >= 0.3 is 5.97 Å². The van der Waals surface area contributed by atoms with E-state index in [1.807, 2.05) is 18.2 Å². The van der Waals surface area contributed by atoms with Gasteiger partial charge in [0.25, 0.3) is 0 Å². The van der Waals surface area contributed by atoms with Crippen LogP contribution in [0.2, 0.25) is 0 Å². The summed E-state index contributed by atoms with van der Waals surface area (Å²) in [6.07, 6.45) is 0. The van der Waals surface area contributed by atoms with Crippen molar-refractivity contribution in [1.82, 2.24) is 0 Å². The van der Waals surface area contributed by atoms with Gasteiger partial charge in [0.1, 0.15) is 0 Å². The molecular formula is C27H22N2O2. The fourth-order valence-electron chi connectivity index (χ4n) is 4.08. The van der Waals surface area contributed by atoms with Crippen LogP contribution in [0.4, 0.5) is 17.1 Å². The van der Waals surface area contributed by atoms with Gasteiger partial charge < -0.3 is 15.3 Å². The van der Waals surface area contributed by atoms with Gasteiger partial charge in [-0.1, -0.05) is 60.7 Å². The molecule has 4 aromatic carbocycles. The number of carbonyl (C=O) groups is 1. The molecule has 0 radical (unpaired) electrons. The lowest BCUT2D eigenvalue weighted by atomic mass is 10.1. The molecule has 0 atom stereocenters. The molecule has 4 aromatic rings. The first kappa shape index (κ1) is 18.9. The number of aromatic carboxylic acids is 1. The number of nitrogens with zero attached hydrogens (tertiary/aromatic N) is 1. The second-order valence-electron chi connectivity index (χ2n) is 7.73. The molecule has 0 spiro atoms. The second-order valence-corrected chi connectivity index (χ2v) is 7.73. The molecule has 0 fully saturated rings. The largest absolute Gasteiger partial charge is 0.478 e. The molecule has 0 amide bonds. The normalized spacial score (nSPS) is 12.5. The molecular weight excluding hydrogens is 384 g/mol. The molecule has 31 heavy (non-hydrogen) atoms. The topological polar surface area (TPSA) is 52.6 Å². The summed E-state index contributed by atoms with van der Waals surface area (Å²) in [4.78, 5) is 13.8. The number of hydrogen-bond donors (Lipinski definition) is 2. The van der Waals surface area contributed by atoms with Crippen LogP contribution in [0.3, 0.4) is 0 Å². The van der Waals surface area contributed by atoms with E-state index in [0.717, 1.165) is 18.8 Å². The van der Waals surface area contributed by atoms with Crippen LogP contribution in [-0.2, 0) is 13.1 Å². The molecule has 2 N–H and O–H groups in total. The van der Waals surface area contributed by atoms with Crippen molar-refractivity contribution in [2.24, 2.45) is 0 Å². The van der Waals surface area contributed by atoms with E-state index < -0.39 is 5.97 Å². The Labute approximate surface area is 181 Å². The average molecular weight is 406 g/mol. The minimum Gasteiger partial charge on any atom is -0.478 e. The summed E-state index contributed by atoms with van der Waals surface area (Å²) >= 11 is 0. The standard InChI is InChI=1S/C27H22N2O2/c30-27(31)25-8-4-5-9-26(25)28-23-13-10-21-17-29(18-22(21)16-23)24-14-11-20(12-15-24)19-6-2-1-3-7-19/h1-16,28H,17-18H2,(H,30,31). The number of para-hydroxylation sites is 1. The highest BCUT2D eigenvalue weighted by molar-refractivity contribution is 5.95. The van der Waals surface area contributed by atoms with E-state index in [1.54, 1.807) is 18.2 Å². The van der Waals surface area contributed by atoms with E-state index in [1.165, 1.54) is 27.9 Å². The van der Waals surface area contributed by atoms with Gasteiger partial charge in [0.15, 0.2) is 0 Å². The summed E-state index contributed by atoms with van der Waals surface area (Å²) < 4.78 is 0. The van der Waals surface area contributed by atoms with Gasteiger partial charge in [0.05, 0.1) is 11.3 Å². The van der Waals surface area contributed by atoms with Gasteiger partial charge in [0.2, 0.25) is 0 Å². The number of nitrogens with one attached hydrogen (secondary N) is 1. The summed E-state index contributed by atoms with van der Waals surface area (Å²) in [6.45, 7) is 1.70. The molecule has 0 unspecified atom stereocenters. The summed E-state index contributed by atoms with van der Waals surface area (Å²) in [5.41, 5.74) is 7.94. The minimum atomic E-state index is -0.936. The first-order valence-corrected chi connectivity index (χ1v) is 10.3. The summed E-state index contributed by atoms with van der Waals surface area (Å²) in [5, 5.41) is 12.7. The third-order valence-corrected chi connectivity index (χ3v) is 5.70. The number of fused-ring (bicyclic) bond motifs is 1. The summed E-state index contributed by atoms with van der Waals surface area (Å²) in [6, 6.07) is 32.3.